The largest absolute Gasteiger partial charge is 0.364 e. The molecule has 0 unspecified atom stereocenters. The molecule has 96 valence electrons. The molecule has 0 fully saturated rings. The number of benzene rings is 1. The highest BCUT2D eigenvalue weighted by Gasteiger charge is 2.08. The Morgan fingerprint density at radius 3 is 3.05 bits per heavy atom. The minimum Gasteiger partial charge on any atom is -0.364 e. The van der Waals surface area contributed by atoms with Crippen LogP contribution in [0.25, 0.3) is 10.9 Å². The summed E-state index contributed by atoms with van der Waals surface area (Å²) in [7, 11) is 0. The summed E-state index contributed by atoms with van der Waals surface area (Å²) in [6.45, 7) is 2.61. The summed E-state index contributed by atoms with van der Waals surface area (Å²) >= 11 is 0. The summed E-state index contributed by atoms with van der Waals surface area (Å²) in [6, 6.07) is 8.27. The van der Waals surface area contributed by atoms with Crippen molar-refractivity contribution in [1.82, 2.24) is 14.5 Å². The minimum atomic E-state index is -0.462. The number of rotatable bonds is 3. The summed E-state index contributed by atoms with van der Waals surface area (Å²) in [5.41, 5.74) is 9.07. The summed E-state index contributed by atoms with van der Waals surface area (Å²) in [6.07, 6.45) is 3.11. The van der Waals surface area contributed by atoms with Crippen LogP contribution < -0.4 is 5.73 Å². The number of fused-ring (bicyclic) bond motifs is 1. The second kappa shape index (κ2) is 4.28. The fraction of sp³-hybridized carbons (Fsp3) is 0.143. The molecule has 0 saturated carbocycles. The third-order valence-electron chi connectivity index (χ3n) is 3.14. The Bertz CT molecular complexity index is 754. The fourth-order valence-corrected chi connectivity index (χ4v) is 2.27. The molecule has 0 aliphatic carbocycles. The van der Waals surface area contributed by atoms with E-state index in [2.05, 4.69) is 22.1 Å². The third-order valence-corrected chi connectivity index (χ3v) is 3.14. The van der Waals surface area contributed by atoms with Gasteiger partial charge in [-0.05, 0) is 36.1 Å². The van der Waals surface area contributed by atoms with Gasteiger partial charge in [-0.25, -0.2) is 4.98 Å². The van der Waals surface area contributed by atoms with E-state index >= 15 is 0 Å². The van der Waals surface area contributed by atoms with E-state index < -0.39 is 5.91 Å². The molecule has 0 aliphatic heterocycles. The van der Waals surface area contributed by atoms with Gasteiger partial charge in [0.15, 0.2) is 0 Å². The predicted molar refractivity (Wildman–Crippen MR) is 72.9 cm³/mol. The van der Waals surface area contributed by atoms with E-state index in [-0.39, 0.29) is 0 Å². The molecule has 5 nitrogen and oxygen atoms in total. The summed E-state index contributed by atoms with van der Waals surface area (Å²) in [4.78, 5) is 18.5. The van der Waals surface area contributed by atoms with Gasteiger partial charge in [0.25, 0.3) is 5.91 Å². The van der Waals surface area contributed by atoms with E-state index in [1.165, 1.54) is 6.20 Å². The van der Waals surface area contributed by atoms with Crippen molar-refractivity contribution < 1.29 is 4.79 Å². The van der Waals surface area contributed by atoms with Crippen molar-refractivity contribution in [2.75, 3.05) is 0 Å². The lowest BCUT2D eigenvalue weighted by molar-refractivity contribution is 0.0992. The molecule has 19 heavy (non-hydrogen) atoms. The standard InChI is InChI=1S/C14H14N4O/c1-9-4-11-5-10(2-3-12(11)17-9)7-18-8-16-6-13(18)14(15)19/h2-6,8,17H,7H2,1H3,(H2,15,19). The monoisotopic (exact) mass is 254 g/mol. The number of nitrogens with one attached hydrogen (secondary N) is 1. The van der Waals surface area contributed by atoms with Crippen LogP contribution in [-0.2, 0) is 6.54 Å². The Morgan fingerprint density at radius 2 is 2.26 bits per heavy atom. The van der Waals surface area contributed by atoms with E-state index in [9.17, 15) is 4.79 Å². The quantitative estimate of drug-likeness (QED) is 0.748. The molecular weight excluding hydrogens is 240 g/mol. The number of hydrogen-bond donors (Lipinski definition) is 2. The maximum absolute atomic E-state index is 11.2. The minimum absolute atomic E-state index is 0.422. The van der Waals surface area contributed by atoms with E-state index in [1.807, 2.05) is 19.1 Å². The predicted octanol–water partition coefficient (Wildman–Crippen LogP) is 1.82. The van der Waals surface area contributed by atoms with Crippen molar-refractivity contribution in [3.63, 3.8) is 0 Å². The first-order chi connectivity index (χ1) is 9.13. The molecular formula is C14H14N4O. The van der Waals surface area contributed by atoms with Crippen LogP contribution in [0.1, 0.15) is 21.7 Å². The van der Waals surface area contributed by atoms with Gasteiger partial charge in [-0.3, -0.25) is 4.79 Å². The van der Waals surface area contributed by atoms with Crippen molar-refractivity contribution in [2.45, 2.75) is 13.5 Å². The number of hydrogen-bond acceptors (Lipinski definition) is 2. The highest BCUT2D eigenvalue weighted by molar-refractivity contribution is 5.90. The molecule has 0 atom stereocenters. The number of aryl methyl sites for hydroxylation is 1. The zero-order valence-corrected chi connectivity index (χ0v) is 10.6. The van der Waals surface area contributed by atoms with Gasteiger partial charge >= 0.3 is 0 Å². The SMILES string of the molecule is Cc1cc2cc(Cn3cncc3C(N)=O)ccc2[nH]1. The lowest BCUT2D eigenvalue weighted by atomic mass is 10.1. The second-order valence-corrected chi connectivity index (χ2v) is 4.64. The highest BCUT2D eigenvalue weighted by atomic mass is 16.1. The molecule has 0 spiro atoms. The Hall–Kier alpha value is -2.56. The van der Waals surface area contributed by atoms with Crippen molar-refractivity contribution in [2.24, 2.45) is 5.73 Å². The summed E-state index contributed by atoms with van der Waals surface area (Å²) in [5.74, 6) is -0.462. The van der Waals surface area contributed by atoms with Gasteiger partial charge in [-0.1, -0.05) is 6.07 Å². The molecule has 1 amide bonds. The van der Waals surface area contributed by atoms with Gasteiger partial charge in [-0.15, -0.1) is 0 Å². The zero-order chi connectivity index (χ0) is 13.4. The highest BCUT2D eigenvalue weighted by Crippen LogP contribution is 2.17. The van der Waals surface area contributed by atoms with E-state index in [1.54, 1.807) is 10.9 Å². The number of nitrogens with two attached hydrogens (primary N) is 1. The molecule has 1 aromatic carbocycles. The van der Waals surface area contributed by atoms with Crippen LogP contribution in [-0.4, -0.2) is 20.4 Å². The number of carbonyl (C=O) groups excluding carboxylic acids is 1. The number of nitrogens with zero attached hydrogens (tertiary/aromatic N) is 2. The normalized spacial score (nSPS) is 11.0. The smallest absolute Gasteiger partial charge is 0.266 e. The molecule has 0 radical (unpaired) electrons. The van der Waals surface area contributed by atoms with Crippen molar-refractivity contribution in [3.8, 4) is 0 Å². The molecule has 3 N–H and O–H groups in total. The van der Waals surface area contributed by atoms with E-state index in [0.717, 1.165) is 22.2 Å². The Labute approximate surface area is 110 Å². The van der Waals surface area contributed by atoms with Gasteiger partial charge in [0.2, 0.25) is 0 Å². The van der Waals surface area contributed by atoms with E-state index in [0.29, 0.717) is 12.2 Å². The molecule has 0 saturated heterocycles. The van der Waals surface area contributed by atoms with Crippen LogP contribution >= 0.6 is 0 Å². The third kappa shape index (κ3) is 2.10. The fourth-order valence-electron chi connectivity index (χ4n) is 2.27. The van der Waals surface area contributed by atoms with E-state index in [4.69, 9.17) is 5.73 Å². The molecule has 2 aromatic heterocycles. The average Bonchev–Trinajstić information content (AvgIpc) is 2.94. The molecule has 3 rings (SSSR count). The zero-order valence-electron chi connectivity index (χ0n) is 10.6. The first-order valence-corrected chi connectivity index (χ1v) is 6.01. The van der Waals surface area contributed by atoms with Crippen molar-refractivity contribution in [1.29, 1.82) is 0 Å². The first-order valence-electron chi connectivity index (χ1n) is 6.01. The van der Waals surface area contributed by atoms with Crippen LogP contribution in [0.5, 0.6) is 0 Å². The number of H-pyrrole nitrogens is 1. The molecule has 3 aromatic rings. The number of aromatic amines is 1. The number of amides is 1. The van der Waals surface area contributed by atoms with Gasteiger partial charge in [0.1, 0.15) is 5.69 Å². The summed E-state index contributed by atoms with van der Waals surface area (Å²) < 4.78 is 1.75. The van der Waals surface area contributed by atoms with Crippen LogP contribution in [0.15, 0.2) is 36.8 Å². The Morgan fingerprint density at radius 1 is 1.42 bits per heavy atom. The molecule has 0 bridgehead atoms. The number of imidazole rings is 1. The van der Waals surface area contributed by atoms with Crippen LogP contribution in [0, 0.1) is 6.92 Å². The van der Waals surface area contributed by atoms with Crippen molar-refractivity contribution in [3.05, 3.63) is 53.7 Å². The Balaban J connectivity index is 1.96. The van der Waals surface area contributed by atoms with Gasteiger partial charge in [0.05, 0.1) is 12.5 Å². The lowest BCUT2D eigenvalue weighted by Gasteiger charge is -2.06. The molecule has 5 heteroatoms. The Kier molecular flexibility index (Phi) is 2.59. The van der Waals surface area contributed by atoms with Gasteiger partial charge < -0.3 is 15.3 Å². The maximum Gasteiger partial charge on any atom is 0.266 e. The second-order valence-electron chi connectivity index (χ2n) is 4.64. The lowest BCUT2D eigenvalue weighted by Crippen LogP contribution is -2.16. The van der Waals surface area contributed by atoms with Gasteiger partial charge in [0, 0.05) is 17.8 Å². The number of carbonyl (C=O) groups is 1. The van der Waals surface area contributed by atoms with Crippen molar-refractivity contribution >= 4 is 16.8 Å². The number of primary amides is 1. The molecule has 0 aliphatic rings. The first kappa shape index (κ1) is 11.5. The van der Waals surface area contributed by atoms with Crippen LogP contribution in [0.4, 0.5) is 0 Å². The topological polar surface area (TPSA) is 76.7 Å². The van der Waals surface area contributed by atoms with Gasteiger partial charge in [-0.2, -0.15) is 0 Å². The summed E-state index contributed by atoms with van der Waals surface area (Å²) in [5, 5.41) is 1.16. The average molecular weight is 254 g/mol. The number of aromatic nitrogens is 3. The van der Waals surface area contributed by atoms with Crippen LogP contribution in [0.3, 0.4) is 0 Å². The van der Waals surface area contributed by atoms with Crippen LogP contribution in [0.2, 0.25) is 0 Å². The maximum atomic E-state index is 11.2. The molecule has 2 heterocycles.